The van der Waals surface area contributed by atoms with Crippen molar-refractivity contribution < 1.29 is 14.3 Å². The summed E-state index contributed by atoms with van der Waals surface area (Å²) in [6.45, 7) is 3.20. The fourth-order valence-corrected chi connectivity index (χ4v) is 3.05. The Bertz CT molecular complexity index is 798. The second-order valence-corrected chi connectivity index (χ2v) is 6.67. The van der Waals surface area contributed by atoms with Gasteiger partial charge in [-0.1, -0.05) is 0 Å². The molecule has 1 aromatic heterocycles. The van der Waals surface area contributed by atoms with E-state index in [1.807, 2.05) is 0 Å². The minimum absolute atomic E-state index is 0.0643. The minimum atomic E-state index is -0.499. The van der Waals surface area contributed by atoms with Crippen molar-refractivity contribution in [1.82, 2.24) is 20.0 Å². The maximum atomic E-state index is 12.5. The predicted molar refractivity (Wildman–Crippen MR) is 106 cm³/mol. The number of ether oxygens (including phenoxy) is 1. The molecule has 9 nitrogen and oxygen atoms in total. The van der Waals surface area contributed by atoms with E-state index in [1.54, 1.807) is 55.4 Å². The first-order chi connectivity index (χ1) is 13.5. The van der Waals surface area contributed by atoms with Crippen LogP contribution in [0, 0.1) is 0 Å². The van der Waals surface area contributed by atoms with Crippen LogP contribution in [0.2, 0.25) is 0 Å². The molecule has 1 aliphatic rings. The van der Waals surface area contributed by atoms with Crippen LogP contribution in [-0.4, -0.2) is 66.4 Å². The molecule has 3 N–H and O–H groups in total. The summed E-state index contributed by atoms with van der Waals surface area (Å²) in [6, 6.07) is 6.56. The molecule has 0 radical (unpaired) electrons. The zero-order chi connectivity index (χ0) is 19.9. The number of nitrogens with one attached hydrogen (secondary N) is 3. The molecule has 9 heteroatoms. The van der Waals surface area contributed by atoms with Gasteiger partial charge in [-0.3, -0.25) is 19.2 Å². The Hall–Kier alpha value is -2.75. The van der Waals surface area contributed by atoms with Crippen LogP contribution in [-0.2, 0) is 21.4 Å². The van der Waals surface area contributed by atoms with Crippen LogP contribution in [0.5, 0.6) is 0 Å². The van der Waals surface area contributed by atoms with E-state index in [4.69, 9.17) is 4.74 Å². The van der Waals surface area contributed by atoms with Gasteiger partial charge < -0.3 is 20.7 Å². The highest BCUT2D eigenvalue weighted by Gasteiger charge is 2.20. The first-order valence-corrected chi connectivity index (χ1v) is 9.22. The van der Waals surface area contributed by atoms with Crippen LogP contribution >= 0.6 is 0 Å². The molecule has 0 spiro atoms. The number of anilines is 2. The Morgan fingerprint density at radius 2 is 1.79 bits per heavy atom. The van der Waals surface area contributed by atoms with E-state index >= 15 is 0 Å². The third-order valence-corrected chi connectivity index (χ3v) is 4.52. The normalized spacial score (nSPS) is 15.8. The van der Waals surface area contributed by atoms with Gasteiger partial charge in [-0.15, -0.1) is 0 Å². The van der Waals surface area contributed by atoms with Crippen molar-refractivity contribution in [3.05, 3.63) is 42.2 Å². The summed E-state index contributed by atoms with van der Waals surface area (Å²) < 4.78 is 6.94. The third kappa shape index (κ3) is 5.38. The number of hydrogen-bond acceptors (Lipinski definition) is 6. The van der Waals surface area contributed by atoms with E-state index in [2.05, 4.69) is 25.9 Å². The van der Waals surface area contributed by atoms with E-state index in [-0.39, 0.29) is 11.8 Å². The average Bonchev–Trinajstić information content (AvgIpc) is 3.10. The highest BCUT2D eigenvalue weighted by Crippen LogP contribution is 2.17. The molecule has 0 bridgehead atoms. The number of amides is 2. The van der Waals surface area contributed by atoms with E-state index in [9.17, 15) is 9.59 Å². The molecule has 1 aromatic carbocycles. The van der Waals surface area contributed by atoms with Crippen LogP contribution in [0.3, 0.4) is 0 Å². The lowest BCUT2D eigenvalue weighted by molar-refractivity contribution is -0.119. The number of aryl methyl sites for hydroxylation is 1. The second-order valence-electron chi connectivity index (χ2n) is 6.67. The number of nitrogens with zero attached hydrogens (tertiary/aromatic N) is 3. The zero-order valence-corrected chi connectivity index (χ0v) is 16.1. The molecule has 2 aromatic rings. The molecule has 1 atom stereocenters. The first kappa shape index (κ1) is 20.0. The number of rotatable bonds is 7. The van der Waals surface area contributed by atoms with Crippen molar-refractivity contribution in [1.29, 1.82) is 0 Å². The Labute approximate surface area is 164 Å². The van der Waals surface area contributed by atoms with Gasteiger partial charge in [0.1, 0.15) is 6.04 Å². The maximum absolute atomic E-state index is 12.5. The standard InChI is InChI=1S/C19H26N6O3/c1-20-18(14-11-21-24(2)12-14)19(27)23-16-5-3-15(4-6-16)22-17(26)13-25-7-9-28-10-8-25/h3-6,11-12,18,20H,7-10,13H2,1-2H3,(H,22,26)(H,23,27). The van der Waals surface area contributed by atoms with Crippen molar-refractivity contribution in [2.45, 2.75) is 6.04 Å². The molecule has 150 valence electrons. The van der Waals surface area contributed by atoms with E-state index < -0.39 is 6.04 Å². The monoisotopic (exact) mass is 386 g/mol. The van der Waals surface area contributed by atoms with Gasteiger partial charge in [0.2, 0.25) is 11.8 Å². The molecule has 1 fully saturated rings. The third-order valence-electron chi connectivity index (χ3n) is 4.52. The summed E-state index contributed by atoms with van der Waals surface area (Å²) >= 11 is 0. The van der Waals surface area contributed by atoms with Gasteiger partial charge in [0.05, 0.1) is 26.0 Å². The van der Waals surface area contributed by atoms with E-state index in [0.29, 0.717) is 31.1 Å². The highest BCUT2D eigenvalue weighted by atomic mass is 16.5. The second kappa shape index (κ2) is 9.45. The fraction of sp³-hybridized carbons (Fsp3) is 0.421. The summed E-state index contributed by atoms with van der Waals surface area (Å²) in [7, 11) is 3.53. The largest absolute Gasteiger partial charge is 0.379 e. The smallest absolute Gasteiger partial charge is 0.246 e. The maximum Gasteiger partial charge on any atom is 0.246 e. The topological polar surface area (TPSA) is 101 Å². The molecule has 1 aliphatic heterocycles. The van der Waals surface area contributed by atoms with Crippen LogP contribution in [0.15, 0.2) is 36.7 Å². The quantitative estimate of drug-likeness (QED) is 0.644. The highest BCUT2D eigenvalue weighted by molar-refractivity contribution is 5.96. The van der Waals surface area contributed by atoms with E-state index in [1.165, 1.54) is 0 Å². The Balaban J connectivity index is 1.53. The lowest BCUT2D eigenvalue weighted by Gasteiger charge is -2.25. The predicted octanol–water partition coefficient (Wildman–Crippen LogP) is 0.590. The van der Waals surface area contributed by atoms with Crippen LogP contribution in [0.25, 0.3) is 0 Å². The Morgan fingerprint density at radius 1 is 1.14 bits per heavy atom. The molecule has 0 aliphatic carbocycles. The average molecular weight is 386 g/mol. The van der Waals surface area contributed by atoms with Crippen LogP contribution in [0.4, 0.5) is 11.4 Å². The number of aromatic nitrogens is 2. The van der Waals surface area contributed by atoms with Gasteiger partial charge in [0, 0.05) is 43.3 Å². The molecular formula is C19H26N6O3. The van der Waals surface area contributed by atoms with Crippen molar-refractivity contribution >= 4 is 23.2 Å². The minimum Gasteiger partial charge on any atom is -0.379 e. The van der Waals surface area contributed by atoms with Crippen molar-refractivity contribution in [2.24, 2.45) is 7.05 Å². The van der Waals surface area contributed by atoms with Gasteiger partial charge in [-0.2, -0.15) is 5.10 Å². The van der Waals surface area contributed by atoms with Crippen molar-refractivity contribution in [3.63, 3.8) is 0 Å². The molecule has 2 heterocycles. The number of benzene rings is 1. The van der Waals surface area contributed by atoms with Crippen molar-refractivity contribution in [2.75, 3.05) is 50.5 Å². The SMILES string of the molecule is CNC(C(=O)Nc1ccc(NC(=O)CN2CCOCC2)cc1)c1cnn(C)c1. The molecule has 3 rings (SSSR count). The summed E-state index contributed by atoms with van der Waals surface area (Å²) in [5.41, 5.74) is 2.13. The lowest BCUT2D eigenvalue weighted by atomic mass is 10.1. The lowest BCUT2D eigenvalue weighted by Crippen LogP contribution is -2.41. The van der Waals surface area contributed by atoms with Gasteiger partial charge in [0.15, 0.2) is 0 Å². The summed E-state index contributed by atoms with van der Waals surface area (Å²) in [5, 5.41) is 12.8. The number of hydrogen-bond donors (Lipinski definition) is 3. The summed E-state index contributed by atoms with van der Waals surface area (Å²) in [4.78, 5) is 26.8. The summed E-state index contributed by atoms with van der Waals surface area (Å²) in [6.07, 6.45) is 3.46. The number of morpholine rings is 1. The number of carbonyl (C=O) groups excluding carboxylic acids is 2. The van der Waals surface area contributed by atoms with Gasteiger partial charge in [0.25, 0.3) is 0 Å². The molecule has 1 unspecified atom stereocenters. The molecule has 1 saturated heterocycles. The van der Waals surface area contributed by atoms with Crippen LogP contribution in [0.1, 0.15) is 11.6 Å². The van der Waals surface area contributed by atoms with Crippen LogP contribution < -0.4 is 16.0 Å². The van der Waals surface area contributed by atoms with Gasteiger partial charge >= 0.3 is 0 Å². The molecule has 28 heavy (non-hydrogen) atoms. The Morgan fingerprint density at radius 3 is 2.36 bits per heavy atom. The number of carbonyl (C=O) groups is 2. The van der Waals surface area contributed by atoms with E-state index in [0.717, 1.165) is 18.7 Å². The number of likely N-dealkylation sites (N-methyl/N-ethyl adjacent to an activating group) is 1. The fourth-order valence-electron chi connectivity index (χ4n) is 3.05. The molecule has 0 saturated carbocycles. The first-order valence-electron chi connectivity index (χ1n) is 9.22. The van der Waals surface area contributed by atoms with Crippen molar-refractivity contribution in [3.8, 4) is 0 Å². The summed E-state index contributed by atoms with van der Waals surface area (Å²) in [5.74, 6) is -0.245. The van der Waals surface area contributed by atoms with Gasteiger partial charge in [-0.05, 0) is 31.3 Å². The van der Waals surface area contributed by atoms with Gasteiger partial charge in [-0.25, -0.2) is 0 Å². The Kier molecular flexibility index (Phi) is 6.75. The zero-order valence-electron chi connectivity index (χ0n) is 16.1. The molecular weight excluding hydrogens is 360 g/mol. The molecule has 2 amide bonds.